The van der Waals surface area contributed by atoms with Crippen molar-refractivity contribution < 1.29 is 13.2 Å². The van der Waals surface area contributed by atoms with Crippen molar-refractivity contribution in [3.63, 3.8) is 0 Å². The third-order valence-corrected chi connectivity index (χ3v) is 7.40. The number of likely N-dealkylation sites (tertiary alicyclic amines) is 1. The van der Waals surface area contributed by atoms with E-state index in [4.69, 9.17) is 5.73 Å². The zero-order valence-electron chi connectivity index (χ0n) is 14.9. The Bertz CT molecular complexity index is 799. The molecule has 1 fully saturated rings. The maximum atomic E-state index is 12.4. The van der Waals surface area contributed by atoms with Crippen molar-refractivity contribution in [1.82, 2.24) is 9.62 Å². The molecule has 0 bridgehead atoms. The lowest BCUT2D eigenvalue weighted by Gasteiger charge is -2.38. The number of hydrogen-bond donors (Lipinski definition) is 3. The lowest BCUT2D eigenvalue weighted by molar-refractivity contribution is 0.189. The number of anilines is 1. The van der Waals surface area contributed by atoms with E-state index in [-0.39, 0.29) is 0 Å². The van der Waals surface area contributed by atoms with E-state index in [1.54, 1.807) is 0 Å². The Morgan fingerprint density at radius 1 is 1.12 bits per heavy atom. The molecule has 0 spiro atoms. The average Bonchev–Trinajstić information content (AvgIpc) is 3.18. The summed E-state index contributed by atoms with van der Waals surface area (Å²) in [7, 11) is -3.67. The van der Waals surface area contributed by atoms with Gasteiger partial charge in [0.1, 0.15) is 5.25 Å². The Kier molecular flexibility index (Phi) is 4.66. The Morgan fingerprint density at radius 2 is 1.73 bits per heavy atom. The van der Waals surface area contributed by atoms with E-state index >= 15 is 0 Å². The maximum Gasteiger partial charge on any atom is 0.332 e. The van der Waals surface area contributed by atoms with Gasteiger partial charge in [0, 0.05) is 31.9 Å². The summed E-state index contributed by atoms with van der Waals surface area (Å²) in [5.74, 6) is 0. The van der Waals surface area contributed by atoms with Gasteiger partial charge in [-0.3, -0.25) is 4.90 Å². The second-order valence-electron chi connectivity index (χ2n) is 7.51. The van der Waals surface area contributed by atoms with Gasteiger partial charge >= 0.3 is 6.03 Å². The van der Waals surface area contributed by atoms with E-state index in [1.807, 2.05) is 4.90 Å². The number of carbonyl (C=O) groups excluding carboxylic acids is 1. The molecule has 1 saturated heterocycles. The van der Waals surface area contributed by atoms with Crippen LogP contribution in [-0.2, 0) is 35.7 Å². The number of carbonyl (C=O) groups is 1. The van der Waals surface area contributed by atoms with Gasteiger partial charge in [0.05, 0.1) is 0 Å². The lowest BCUT2D eigenvalue weighted by atomic mass is 9.99. The number of nitrogens with two attached hydrogens (primary N) is 1. The summed E-state index contributed by atoms with van der Waals surface area (Å²) in [5.41, 5.74) is 11.3. The van der Waals surface area contributed by atoms with Crippen LogP contribution in [0.15, 0.2) is 6.07 Å². The molecular formula is C18H26N4O3S. The molecular weight excluding hydrogens is 352 g/mol. The van der Waals surface area contributed by atoms with Gasteiger partial charge in [-0.05, 0) is 60.8 Å². The highest BCUT2D eigenvalue weighted by Gasteiger charge is 2.38. The van der Waals surface area contributed by atoms with E-state index in [2.05, 4.69) is 16.1 Å². The molecule has 0 saturated carbocycles. The van der Waals surface area contributed by atoms with E-state index in [0.717, 1.165) is 44.2 Å². The smallest absolute Gasteiger partial charge is 0.329 e. The van der Waals surface area contributed by atoms with Crippen LogP contribution in [0.1, 0.15) is 35.1 Å². The molecule has 3 aliphatic rings. The third-order valence-electron chi connectivity index (χ3n) is 5.75. The number of urea groups is 1. The minimum atomic E-state index is -3.67. The number of benzene rings is 1. The van der Waals surface area contributed by atoms with Crippen molar-refractivity contribution in [2.45, 2.75) is 43.8 Å². The van der Waals surface area contributed by atoms with E-state index in [1.165, 1.54) is 22.3 Å². The number of amides is 2. The van der Waals surface area contributed by atoms with Gasteiger partial charge in [-0.1, -0.05) is 6.07 Å². The molecule has 0 unspecified atom stereocenters. The first-order chi connectivity index (χ1) is 12.5. The van der Waals surface area contributed by atoms with Crippen LogP contribution in [0.25, 0.3) is 0 Å². The number of nitrogens with one attached hydrogen (secondary N) is 2. The molecule has 1 aromatic carbocycles. The highest BCUT2D eigenvalue weighted by molar-refractivity contribution is 7.90. The van der Waals surface area contributed by atoms with Gasteiger partial charge in [0.15, 0.2) is 0 Å². The zero-order valence-corrected chi connectivity index (χ0v) is 15.7. The predicted molar refractivity (Wildman–Crippen MR) is 101 cm³/mol. The van der Waals surface area contributed by atoms with Gasteiger partial charge in [0.25, 0.3) is 0 Å². The quantitative estimate of drug-likeness (QED) is 0.702. The first-order valence-electron chi connectivity index (χ1n) is 9.39. The van der Waals surface area contributed by atoms with Crippen LogP contribution >= 0.6 is 0 Å². The Morgan fingerprint density at radius 3 is 2.31 bits per heavy atom. The van der Waals surface area contributed by atoms with Crippen molar-refractivity contribution in [3.8, 4) is 0 Å². The molecule has 1 aliphatic heterocycles. The summed E-state index contributed by atoms with van der Waals surface area (Å²) in [5, 5.41) is 2.33. The number of sulfonamides is 1. The first kappa shape index (κ1) is 17.8. The van der Waals surface area contributed by atoms with E-state index in [0.29, 0.717) is 26.2 Å². The lowest BCUT2D eigenvalue weighted by Crippen LogP contribution is -2.59. The summed E-state index contributed by atoms with van der Waals surface area (Å²) in [4.78, 5) is 14.4. The SMILES string of the molecule is NCCN1CC(S(=O)(=O)NC(=O)Nc2c3c(cc4c2CCC4)CCC3)C1. The molecule has 4 rings (SSSR count). The Hall–Kier alpha value is -1.64. The van der Waals surface area contributed by atoms with Gasteiger partial charge in [-0.15, -0.1) is 0 Å². The Balaban J connectivity index is 1.46. The van der Waals surface area contributed by atoms with Gasteiger partial charge in [-0.2, -0.15) is 0 Å². The minimum absolute atomic E-state index is 0.427. The Labute approximate surface area is 154 Å². The molecule has 7 nitrogen and oxygen atoms in total. The molecule has 4 N–H and O–H groups in total. The fraction of sp³-hybridized carbons (Fsp3) is 0.611. The fourth-order valence-electron chi connectivity index (χ4n) is 4.40. The van der Waals surface area contributed by atoms with Crippen LogP contribution < -0.4 is 15.8 Å². The summed E-state index contributed by atoms with van der Waals surface area (Å²) >= 11 is 0. The van der Waals surface area contributed by atoms with Gasteiger partial charge < -0.3 is 11.1 Å². The molecule has 26 heavy (non-hydrogen) atoms. The summed E-state index contributed by atoms with van der Waals surface area (Å²) in [6.45, 7) is 2.04. The number of aryl methyl sites for hydroxylation is 2. The minimum Gasteiger partial charge on any atom is -0.329 e. The standard InChI is InChI=1S/C18H26N4O3S/c19-7-8-22-10-14(11-22)26(24,25)21-18(23)20-17-15-5-1-3-12(15)9-13-4-2-6-16(13)17/h9,14H,1-8,10-11,19H2,(H2,20,21,23). The molecule has 8 heteroatoms. The van der Waals surface area contributed by atoms with Crippen LogP contribution in [-0.4, -0.2) is 50.8 Å². The highest BCUT2D eigenvalue weighted by atomic mass is 32.2. The molecule has 0 aromatic heterocycles. The molecule has 1 aromatic rings. The van der Waals surface area contributed by atoms with Crippen LogP contribution in [0.5, 0.6) is 0 Å². The van der Waals surface area contributed by atoms with Crippen molar-refractivity contribution in [3.05, 3.63) is 28.3 Å². The van der Waals surface area contributed by atoms with Crippen molar-refractivity contribution in [1.29, 1.82) is 0 Å². The van der Waals surface area contributed by atoms with Crippen molar-refractivity contribution in [2.24, 2.45) is 5.73 Å². The molecule has 2 amide bonds. The predicted octanol–water partition coefficient (Wildman–Crippen LogP) is 0.758. The highest BCUT2D eigenvalue weighted by Crippen LogP contribution is 2.38. The van der Waals surface area contributed by atoms with Crippen LogP contribution in [0.2, 0.25) is 0 Å². The number of fused-ring (bicyclic) bond motifs is 2. The molecule has 0 radical (unpaired) electrons. The normalized spacial score (nSPS) is 19.7. The molecule has 1 heterocycles. The summed E-state index contributed by atoms with van der Waals surface area (Å²) in [6, 6.07) is 1.64. The second-order valence-corrected chi connectivity index (χ2v) is 9.47. The van der Waals surface area contributed by atoms with E-state index in [9.17, 15) is 13.2 Å². The second kappa shape index (κ2) is 6.83. The maximum absolute atomic E-state index is 12.4. The largest absolute Gasteiger partial charge is 0.332 e. The number of nitrogens with zero attached hydrogens (tertiary/aromatic N) is 1. The number of rotatable bonds is 5. The van der Waals surface area contributed by atoms with Crippen molar-refractivity contribution >= 4 is 21.7 Å². The van der Waals surface area contributed by atoms with Gasteiger partial charge in [-0.25, -0.2) is 17.9 Å². The molecule has 142 valence electrons. The van der Waals surface area contributed by atoms with E-state index < -0.39 is 21.3 Å². The zero-order chi connectivity index (χ0) is 18.3. The fourth-order valence-corrected chi connectivity index (χ4v) is 5.69. The van der Waals surface area contributed by atoms with Crippen LogP contribution in [0.4, 0.5) is 10.5 Å². The summed E-state index contributed by atoms with van der Waals surface area (Å²) in [6.07, 6.45) is 6.15. The van der Waals surface area contributed by atoms with Crippen LogP contribution in [0, 0.1) is 0 Å². The van der Waals surface area contributed by atoms with Crippen LogP contribution in [0.3, 0.4) is 0 Å². The topological polar surface area (TPSA) is 105 Å². The molecule has 2 aliphatic carbocycles. The molecule has 0 atom stereocenters. The average molecular weight is 378 g/mol. The summed E-state index contributed by atoms with van der Waals surface area (Å²) < 4.78 is 27.0. The van der Waals surface area contributed by atoms with Crippen molar-refractivity contribution in [2.75, 3.05) is 31.5 Å². The first-order valence-corrected chi connectivity index (χ1v) is 10.9. The monoisotopic (exact) mass is 378 g/mol. The third kappa shape index (κ3) is 3.21. The number of hydrogen-bond acceptors (Lipinski definition) is 5. The van der Waals surface area contributed by atoms with Gasteiger partial charge in [0.2, 0.25) is 10.0 Å².